The SMILES string of the molecule is CCCCCCNc1nc(C)c(-c2nc3ccccc3s2)c(NC2(C)CCC3C(O)C32CCc2cc3cc(-c4c(Cl)nc(NCC(F)(F)F)nc4NC4(C)CCC5C(O)C54C)oc3c(C)n2)n1. The van der Waals surface area contributed by atoms with Crippen molar-refractivity contribution in [2.45, 2.75) is 135 Å². The van der Waals surface area contributed by atoms with Crippen LogP contribution in [0, 0.1) is 36.5 Å². The van der Waals surface area contributed by atoms with Crippen molar-refractivity contribution in [1.29, 1.82) is 0 Å². The van der Waals surface area contributed by atoms with Gasteiger partial charge in [-0.1, -0.05) is 56.8 Å². The van der Waals surface area contributed by atoms with Crippen LogP contribution in [0.3, 0.4) is 0 Å². The molecule has 0 aliphatic heterocycles. The van der Waals surface area contributed by atoms with E-state index in [1.807, 2.05) is 58.0 Å². The molecule has 4 saturated carbocycles. The molecule has 1 aromatic carbocycles. The van der Waals surface area contributed by atoms with Crippen LogP contribution in [0.1, 0.15) is 103 Å². The van der Waals surface area contributed by atoms with Gasteiger partial charge in [-0.2, -0.15) is 23.1 Å². The van der Waals surface area contributed by atoms with Crippen LogP contribution in [0.5, 0.6) is 0 Å². The highest BCUT2D eigenvalue weighted by Gasteiger charge is 2.76. The lowest BCUT2D eigenvalue weighted by molar-refractivity contribution is -0.115. The number of nitrogens with one attached hydrogen (secondary N) is 4. The van der Waals surface area contributed by atoms with Crippen molar-refractivity contribution >= 4 is 67.7 Å². The number of unbranched alkanes of at least 4 members (excludes halogenated alkanes) is 3. The van der Waals surface area contributed by atoms with Gasteiger partial charge in [-0.05, 0) is 109 Å². The Morgan fingerprint density at radius 2 is 1.54 bits per heavy atom. The lowest BCUT2D eigenvalue weighted by atomic mass is 9.78. The van der Waals surface area contributed by atoms with Crippen molar-refractivity contribution in [3.8, 4) is 21.9 Å². The number of rotatable bonds is 17. The third-order valence-electron chi connectivity index (χ3n) is 16.0. The van der Waals surface area contributed by atoms with Gasteiger partial charge in [-0.3, -0.25) is 4.98 Å². The predicted molar refractivity (Wildman–Crippen MR) is 258 cm³/mol. The van der Waals surface area contributed by atoms with Gasteiger partial charge in [0.25, 0.3) is 0 Å². The summed E-state index contributed by atoms with van der Waals surface area (Å²) in [6, 6.07) is 11.9. The maximum Gasteiger partial charge on any atom is 0.405 e. The number of anilines is 4. The molecule has 8 atom stereocenters. The van der Waals surface area contributed by atoms with Crippen LogP contribution in [0.25, 0.3) is 43.1 Å². The van der Waals surface area contributed by atoms with Crippen molar-refractivity contribution in [2.24, 2.45) is 22.7 Å². The molecule has 10 rings (SSSR count). The number of alkyl halides is 3. The third-order valence-corrected chi connectivity index (χ3v) is 17.3. The first kappa shape index (κ1) is 45.9. The van der Waals surface area contributed by atoms with Gasteiger partial charge < -0.3 is 35.9 Å². The van der Waals surface area contributed by atoms with E-state index in [1.54, 1.807) is 11.3 Å². The van der Waals surface area contributed by atoms with Crippen molar-refractivity contribution in [3.63, 3.8) is 0 Å². The summed E-state index contributed by atoms with van der Waals surface area (Å²) in [5.41, 5.74) is 2.86. The third kappa shape index (κ3) is 7.85. The molecule has 5 aromatic heterocycles. The topological polar surface area (TPSA) is 179 Å². The highest BCUT2D eigenvalue weighted by Crippen LogP contribution is 2.71. The van der Waals surface area contributed by atoms with E-state index in [0.717, 1.165) is 89.1 Å². The van der Waals surface area contributed by atoms with Crippen LogP contribution >= 0.6 is 22.9 Å². The van der Waals surface area contributed by atoms with Crippen molar-refractivity contribution in [3.05, 3.63) is 58.6 Å². The van der Waals surface area contributed by atoms with E-state index >= 15 is 0 Å². The first-order valence-electron chi connectivity index (χ1n) is 23.6. The van der Waals surface area contributed by atoms with E-state index in [4.69, 9.17) is 36.0 Å². The van der Waals surface area contributed by atoms with Crippen LogP contribution in [-0.4, -0.2) is 82.7 Å². The van der Waals surface area contributed by atoms with Gasteiger partial charge in [0.15, 0.2) is 5.58 Å². The van der Waals surface area contributed by atoms with E-state index in [9.17, 15) is 23.4 Å². The Kier molecular flexibility index (Phi) is 11.4. The smallest absolute Gasteiger partial charge is 0.405 e. The Morgan fingerprint density at radius 3 is 2.25 bits per heavy atom. The van der Waals surface area contributed by atoms with E-state index in [-0.39, 0.29) is 28.8 Å². The summed E-state index contributed by atoms with van der Waals surface area (Å²) < 4.78 is 47.4. The molecule has 5 heterocycles. The summed E-state index contributed by atoms with van der Waals surface area (Å²) in [7, 11) is 0. The molecule has 6 aromatic rings. The van der Waals surface area contributed by atoms with Gasteiger partial charge in [0.1, 0.15) is 34.1 Å². The first-order chi connectivity index (χ1) is 31.9. The molecule has 18 heteroatoms. The number of furan rings is 1. The molecule has 6 N–H and O–H groups in total. The molecule has 356 valence electrons. The maximum absolute atomic E-state index is 13.3. The molecule has 8 unspecified atom stereocenters. The second-order valence-electron chi connectivity index (χ2n) is 20.0. The summed E-state index contributed by atoms with van der Waals surface area (Å²) in [6.07, 6.45) is 3.45. The standard InChI is InChI=1S/C49H58ClF3N10O3S/c1-7-8-9-12-21-54-43-57-25(2)34(42-58-31-13-10-11-14-33(31)67-42)40(60-43)63-46(5)19-17-30-38(65)48(30,46)20-15-28-22-27-23-32(66-36(27)26(3)56-28)35-39(50)59-44(55-24-49(51,52)53)61-41(35)62-45(4)18-16-29-37(64)47(29,45)6/h10-11,13-14,22-23,29-30,37-38,64-65H,7-9,12,15-21,24H2,1-6H3,(H2,54,57,60,63)(H2,55,59,61,62). The number of halogens is 4. The molecule has 4 aliphatic carbocycles. The van der Waals surface area contributed by atoms with Crippen LogP contribution in [0.2, 0.25) is 5.15 Å². The fourth-order valence-electron chi connectivity index (χ4n) is 11.9. The molecule has 4 aliphatic rings. The largest absolute Gasteiger partial charge is 0.454 e. The maximum atomic E-state index is 13.3. The Hall–Kier alpha value is -4.84. The molecule has 0 amide bonds. The molecular formula is C49H58ClF3N10O3S. The Balaban J connectivity index is 0.941. The number of hydrogen-bond donors (Lipinski definition) is 6. The van der Waals surface area contributed by atoms with Gasteiger partial charge in [0.05, 0.1) is 44.9 Å². The molecule has 0 bridgehead atoms. The van der Waals surface area contributed by atoms with Crippen LogP contribution in [0.4, 0.5) is 36.7 Å². The summed E-state index contributed by atoms with van der Waals surface area (Å²) in [6.45, 7) is 11.7. The van der Waals surface area contributed by atoms with Crippen LogP contribution < -0.4 is 21.3 Å². The number of aromatic nitrogens is 6. The minimum atomic E-state index is -4.50. The van der Waals surface area contributed by atoms with Crippen LogP contribution in [0.15, 0.2) is 40.8 Å². The van der Waals surface area contributed by atoms with Crippen molar-refractivity contribution in [2.75, 3.05) is 34.4 Å². The van der Waals surface area contributed by atoms with Gasteiger partial charge >= 0.3 is 6.18 Å². The number of aliphatic hydroxyl groups excluding tert-OH is 2. The van der Waals surface area contributed by atoms with E-state index in [2.05, 4.69) is 51.1 Å². The number of benzene rings is 1. The Bertz CT molecular complexity index is 2850. The predicted octanol–water partition coefficient (Wildman–Crippen LogP) is 11.1. The summed E-state index contributed by atoms with van der Waals surface area (Å²) >= 11 is 8.46. The monoisotopic (exact) mass is 958 g/mol. The molecule has 0 saturated heterocycles. The normalized spacial score (nSPS) is 28.5. The van der Waals surface area contributed by atoms with Gasteiger partial charge in [-0.15, -0.1) is 11.3 Å². The fraction of sp³-hybridized carbons (Fsp3) is 0.551. The summed E-state index contributed by atoms with van der Waals surface area (Å²) in [5.74, 6) is 1.74. The van der Waals surface area contributed by atoms with Gasteiger partial charge in [0.2, 0.25) is 11.9 Å². The Labute approximate surface area is 396 Å². The van der Waals surface area contributed by atoms with Crippen molar-refractivity contribution in [1.82, 2.24) is 29.9 Å². The average molecular weight is 960 g/mol. The number of nitrogens with zero attached hydrogens (tertiary/aromatic N) is 6. The minimum Gasteiger partial charge on any atom is -0.454 e. The number of pyridine rings is 1. The first-order valence-corrected chi connectivity index (χ1v) is 24.8. The fourth-order valence-corrected chi connectivity index (χ4v) is 13.2. The Morgan fingerprint density at radius 1 is 0.821 bits per heavy atom. The number of fused-ring (bicyclic) bond motifs is 4. The lowest BCUT2D eigenvalue weighted by Crippen LogP contribution is -2.45. The summed E-state index contributed by atoms with van der Waals surface area (Å²) in [4.78, 5) is 28.8. The molecule has 4 fully saturated rings. The molecule has 13 nitrogen and oxygen atoms in total. The number of thiazole rings is 1. The molecular weight excluding hydrogens is 901 g/mol. The van der Waals surface area contributed by atoms with Gasteiger partial charge in [-0.25, -0.2) is 15.0 Å². The minimum absolute atomic E-state index is 0.0901. The zero-order valence-corrected chi connectivity index (χ0v) is 40.2. The second-order valence-corrected chi connectivity index (χ2v) is 21.4. The van der Waals surface area contributed by atoms with Gasteiger partial charge in [0, 0.05) is 39.5 Å². The highest BCUT2D eigenvalue weighted by molar-refractivity contribution is 7.21. The average Bonchev–Trinajstić information content (AvgIpc) is 3.62. The zero-order chi connectivity index (χ0) is 47.3. The van der Waals surface area contributed by atoms with Crippen LogP contribution in [-0.2, 0) is 6.42 Å². The second kappa shape index (κ2) is 16.7. The number of para-hydroxylation sites is 1. The highest BCUT2D eigenvalue weighted by atomic mass is 35.5. The number of hydrogen-bond acceptors (Lipinski definition) is 14. The molecule has 67 heavy (non-hydrogen) atoms. The molecule has 0 spiro atoms. The summed E-state index contributed by atoms with van der Waals surface area (Å²) in [5, 5.41) is 37.3. The van der Waals surface area contributed by atoms with E-state index in [1.165, 1.54) is 6.42 Å². The lowest BCUT2D eigenvalue weighted by Gasteiger charge is -2.38. The number of aryl methyl sites for hydroxylation is 3. The quantitative estimate of drug-likeness (QED) is 0.0376. The van der Waals surface area contributed by atoms with E-state index in [0.29, 0.717) is 47.2 Å². The van der Waals surface area contributed by atoms with Crippen molar-refractivity contribution < 1.29 is 27.8 Å². The number of aliphatic hydroxyl groups is 2. The molecule has 0 radical (unpaired) electrons. The zero-order valence-electron chi connectivity index (χ0n) is 38.7. The van der Waals surface area contributed by atoms with E-state index < -0.39 is 46.8 Å².